The molecule has 0 N–H and O–H groups in total. The predicted octanol–water partition coefficient (Wildman–Crippen LogP) is 2.32. The fraction of sp³-hybridized carbons (Fsp3) is 0.588. The smallest absolute Gasteiger partial charge is 0.222 e. The topological polar surface area (TPSA) is 60.2 Å². The van der Waals surface area contributed by atoms with Gasteiger partial charge >= 0.3 is 0 Å². The Bertz CT molecular complexity index is 595. The van der Waals surface area contributed by atoms with Gasteiger partial charge in [0.05, 0.1) is 17.6 Å². The molecular formula is C17H22N4O. The molecule has 22 heavy (non-hydrogen) atoms. The minimum absolute atomic E-state index is 0.246. The van der Waals surface area contributed by atoms with Gasteiger partial charge in [0.15, 0.2) is 0 Å². The van der Waals surface area contributed by atoms with Crippen LogP contribution < -0.4 is 4.90 Å². The number of carbonyl (C=O) groups excluding carboxylic acids is 1. The number of amides is 1. The summed E-state index contributed by atoms with van der Waals surface area (Å²) in [4.78, 5) is 20.9. The zero-order valence-corrected chi connectivity index (χ0v) is 13.0. The monoisotopic (exact) mass is 298 g/mol. The summed E-state index contributed by atoms with van der Waals surface area (Å²) in [5, 5.41) is 9.33. The third kappa shape index (κ3) is 2.54. The molecule has 2 atom stereocenters. The van der Waals surface area contributed by atoms with E-state index in [0.717, 1.165) is 44.6 Å². The fourth-order valence-electron chi connectivity index (χ4n) is 3.87. The summed E-state index contributed by atoms with van der Waals surface area (Å²) < 4.78 is 0. The van der Waals surface area contributed by atoms with Crippen molar-refractivity contribution in [3.05, 3.63) is 23.9 Å². The van der Waals surface area contributed by atoms with E-state index in [1.807, 2.05) is 13.0 Å². The van der Waals surface area contributed by atoms with Crippen LogP contribution in [0.1, 0.15) is 44.6 Å². The average molecular weight is 298 g/mol. The second-order valence-corrected chi connectivity index (χ2v) is 6.04. The third-order valence-electron chi connectivity index (χ3n) is 4.84. The molecule has 0 saturated carbocycles. The Labute approximate surface area is 131 Å². The van der Waals surface area contributed by atoms with E-state index in [4.69, 9.17) is 0 Å². The molecule has 0 bridgehead atoms. The first kappa shape index (κ1) is 14.8. The van der Waals surface area contributed by atoms with Crippen LogP contribution in [0.3, 0.4) is 0 Å². The van der Waals surface area contributed by atoms with Gasteiger partial charge in [0.25, 0.3) is 0 Å². The van der Waals surface area contributed by atoms with Crippen LogP contribution in [0.2, 0.25) is 0 Å². The van der Waals surface area contributed by atoms with Crippen LogP contribution in [-0.2, 0) is 4.79 Å². The van der Waals surface area contributed by atoms with Crippen LogP contribution in [-0.4, -0.2) is 41.0 Å². The number of nitriles is 1. The van der Waals surface area contributed by atoms with Crippen molar-refractivity contribution in [3.8, 4) is 6.07 Å². The van der Waals surface area contributed by atoms with E-state index < -0.39 is 0 Å². The highest BCUT2D eigenvalue weighted by Crippen LogP contribution is 2.34. The number of anilines is 1. The van der Waals surface area contributed by atoms with Gasteiger partial charge in [0.2, 0.25) is 5.91 Å². The molecule has 3 rings (SSSR count). The molecular weight excluding hydrogens is 276 g/mol. The lowest BCUT2D eigenvalue weighted by atomic mass is 10.0. The van der Waals surface area contributed by atoms with Gasteiger partial charge in [-0.3, -0.25) is 4.79 Å². The van der Waals surface area contributed by atoms with Crippen molar-refractivity contribution in [1.29, 1.82) is 5.26 Å². The minimum Gasteiger partial charge on any atom is -0.350 e. The predicted molar refractivity (Wildman–Crippen MR) is 84.3 cm³/mol. The van der Waals surface area contributed by atoms with E-state index in [2.05, 4.69) is 20.9 Å². The van der Waals surface area contributed by atoms with E-state index in [9.17, 15) is 10.1 Å². The lowest BCUT2D eigenvalue weighted by molar-refractivity contribution is -0.132. The highest BCUT2D eigenvalue weighted by molar-refractivity contribution is 5.76. The Balaban J connectivity index is 1.87. The van der Waals surface area contributed by atoms with Gasteiger partial charge in [-0.05, 0) is 37.8 Å². The van der Waals surface area contributed by atoms with Crippen molar-refractivity contribution in [1.82, 2.24) is 9.88 Å². The Kier molecular flexibility index (Phi) is 4.28. The van der Waals surface area contributed by atoms with Crippen molar-refractivity contribution in [3.63, 3.8) is 0 Å². The summed E-state index contributed by atoms with van der Waals surface area (Å²) in [7, 11) is 0. The maximum atomic E-state index is 12.2. The molecule has 1 aromatic heterocycles. The fourth-order valence-corrected chi connectivity index (χ4v) is 3.87. The molecule has 2 saturated heterocycles. The molecule has 2 fully saturated rings. The highest BCUT2D eigenvalue weighted by atomic mass is 16.2. The maximum absolute atomic E-state index is 12.2. The molecule has 5 nitrogen and oxygen atoms in total. The van der Waals surface area contributed by atoms with Gasteiger partial charge < -0.3 is 9.80 Å². The van der Waals surface area contributed by atoms with Crippen LogP contribution in [0, 0.1) is 11.3 Å². The summed E-state index contributed by atoms with van der Waals surface area (Å²) in [5.74, 6) is 1.03. The van der Waals surface area contributed by atoms with E-state index >= 15 is 0 Å². The van der Waals surface area contributed by atoms with Gasteiger partial charge in [-0.1, -0.05) is 6.92 Å². The lowest BCUT2D eigenvalue weighted by Crippen LogP contribution is -2.48. The first-order chi connectivity index (χ1) is 10.8. The summed E-state index contributed by atoms with van der Waals surface area (Å²) >= 11 is 0. The molecule has 1 aromatic rings. The van der Waals surface area contributed by atoms with Gasteiger partial charge in [0, 0.05) is 25.7 Å². The van der Waals surface area contributed by atoms with Crippen LogP contribution in [0.15, 0.2) is 18.3 Å². The number of rotatable bonds is 3. The molecule has 0 spiro atoms. The standard InChI is InChI=1S/C17H22N4O/c1-2-16(22)20-10-4-7-14(20)15-8-5-11-21(15)17-13(12-18)6-3-9-19-17/h3,6,9,14-15H,2,4-5,7-8,10-11H2,1H3/t14-,15+/m1/s1. The van der Waals surface area contributed by atoms with Crippen LogP contribution >= 0.6 is 0 Å². The number of likely N-dealkylation sites (tertiary alicyclic amines) is 1. The van der Waals surface area contributed by atoms with E-state index in [1.54, 1.807) is 12.3 Å². The highest BCUT2D eigenvalue weighted by Gasteiger charge is 2.40. The van der Waals surface area contributed by atoms with Crippen molar-refractivity contribution in [2.24, 2.45) is 0 Å². The molecule has 1 amide bonds. The number of hydrogen-bond acceptors (Lipinski definition) is 4. The first-order valence-corrected chi connectivity index (χ1v) is 8.17. The molecule has 116 valence electrons. The van der Waals surface area contributed by atoms with E-state index in [0.29, 0.717) is 18.0 Å². The zero-order valence-electron chi connectivity index (χ0n) is 13.0. The number of aromatic nitrogens is 1. The third-order valence-corrected chi connectivity index (χ3v) is 4.84. The summed E-state index contributed by atoms with van der Waals surface area (Å²) in [6.07, 6.45) is 6.61. The van der Waals surface area contributed by atoms with Gasteiger partial charge in [-0.25, -0.2) is 4.98 Å². The molecule has 2 aliphatic rings. The summed E-state index contributed by atoms with van der Waals surface area (Å²) in [6, 6.07) is 6.42. The second kappa shape index (κ2) is 6.35. The Morgan fingerprint density at radius 1 is 1.36 bits per heavy atom. The number of hydrogen-bond donors (Lipinski definition) is 0. The van der Waals surface area contributed by atoms with Crippen molar-refractivity contribution < 1.29 is 4.79 Å². The Morgan fingerprint density at radius 2 is 2.14 bits per heavy atom. The number of nitrogens with zero attached hydrogens (tertiary/aromatic N) is 4. The van der Waals surface area contributed by atoms with Crippen LogP contribution in [0.25, 0.3) is 0 Å². The van der Waals surface area contributed by atoms with Crippen molar-refractivity contribution in [2.45, 2.75) is 51.1 Å². The largest absolute Gasteiger partial charge is 0.350 e. The van der Waals surface area contributed by atoms with Gasteiger partial charge in [-0.2, -0.15) is 5.26 Å². The quantitative estimate of drug-likeness (QED) is 0.859. The second-order valence-electron chi connectivity index (χ2n) is 6.04. The molecule has 3 heterocycles. The molecule has 0 aromatic carbocycles. The molecule has 0 aliphatic carbocycles. The van der Waals surface area contributed by atoms with Gasteiger partial charge in [-0.15, -0.1) is 0 Å². The Morgan fingerprint density at radius 3 is 2.91 bits per heavy atom. The lowest BCUT2D eigenvalue weighted by Gasteiger charge is -2.35. The maximum Gasteiger partial charge on any atom is 0.222 e. The van der Waals surface area contributed by atoms with Crippen LogP contribution in [0.4, 0.5) is 5.82 Å². The summed E-state index contributed by atoms with van der Waals surface area (Å²) in [6.45, 7) is 3.71. The number of carbonyl (C=O) groups is 1. The minimum atomic E-state index is 0.246. The van der Waals surface area contributed by atoms with Crippen LogP contribution in [0.5, 0.6) is 0 Å². The molecule has 0 radical (unpaired) electrons. The molecule has 2 aliphatic heterocycles. The molecule has 0 unspecified atom stereocenters. The zero-order chi connectivity index (χ0) is 15.5. The van der Waals surface area contributed by atoms with Crippen molar-refractivity contribution in [2.75, 3.05) is 18.0 Å². The summed E-state index contributed by atoms with van der Waals surface area (Å²) in [5.41, 5.74) is 0.626. The van der Waals surface area contributed by atoms with Gasteiger partial charge in [0.1, 0.15) is 11.9 Å². The molecule has 5 heteroatoms. The van der Waals surface area contributed by atoms with Crippen molar-refractivity contribution >= 4 is 11.7 Å². The average Bonchev–Trinajstić information content (AvgIpc) is 3.22. The Hall–Kier alpha value is -2.09. The van der Waals surface area contributed by atoms with E-state index in [1.165, 1.54) is 0 Å². The number of pyridine rings is 1. The SMILES string of the molecule is CCC(=O)N1CCC[C@@H]1[C@@H]1CCCN1c1ncccc1C#N. The normalized spacial score (nSPS) is 24.5. The first-order valence-electron chi connectivity index (χ1n) is 8.17. The van der Waals surface area contributed by atoms with E-state index in [-0.39, 0.29) is 11.9 Å².